The number of hydrogen-bond acceptors (Lipinski definition) is 5. The molecule has 1 aromatic heterocycles. The first-order valence-corrected chi connectivity index (χ1v) is 11.8. The van der Waals surface area contributed by atoms with Crippen molar-refractivity contribution in [2.24, 2.45) is 11.3 Å². The summed E-state index contributed by atoms with van der Waals surface area (Å²) in [6.07, 6.45) is 2.77. The lowest BCUT2D eigenvalue weighted by molar-refractivity contribution is 0.0242. The minimum atomic E-state index is -0.670. The molecular weight excluding hydrogens is 417 g/mol. The molecule has 2 fully saturated rings. The maximum absolute atomic E-state index is 14.2. The molecule has 1 amide bonds. The van der Waals surface area contributed by atoms with E-state index in [2.05, 4.69) is 0 Å². The van der Waals surface area contributed by atoms with Crippen molar-refractivity contribution in [3.63, 3.8) is 0 Å². The normalized spacial score (nSPS) is 22.8. The minimum absolute atomic E-state index is 0.0191. The predicted molar refractivity (Wildman–Crippen MR) is 119 cm³/mol. The van der Waals surface area contributed by atoms with Crippen molar-refractivity contribution in [1.29, 1.82) is 0 Å². The highest BCUT2D eigenvalue weighted by molar-refractivity contribution is 7.20. The van der Waals surface area contributed by atoms with Crippen LogP contribution in [0.2, 0.25) is 0 Å². The predicted octanol–water partition coefficient (Wildman–Crippen LogP) is 5.67. The lowest BCUT2D eigenvalue weighted by Gasteiger charge is -2.33. The number of ether oxygens (including phenoxy) is 2. The molecule has 0 saturated carbocycles. The molecule has 2 saturated heterocycles. The second-order valence-electron chi connectivity index (χ2n) is 9.79. The number of thiophene rings is 1. The number of rotatable bonds is 4. The third-order valence-electron chi connectivity index (χ3n) is 6.23. The molecule has 168 valence electrons. The quantitative estimate of drug-likeness (QED) is 0.567. The zero-order valence-electron chi connectivity index (χ0n) is 18.4. The monoisotopic (exact) mass is 447 g/mol. The van der Waals surface area contributed by atoms with Gasteiger partial charge in [-0.3, -0.25) is 4.79 Å². The van der Waals surface area contributed by atoms with Gasteiger partial charge in [0.2, 0.25) is 0 Å². The number of likely N-dealkylation sites (tertiary alicyclic amines) is 1. The lowest BCUT2D eigenvalue weighted by Crippen LogP contribution is -2.40. The van der Waals surface area contributed by atoms with E-state index in [1.54, 1.807) is 17.0 Å². The Kier molecular flexibility index (Phi) is 6.10. The van der Waals surface area contributed by atoms with Crippen LogP contribution >= 0.6 is 11.3 Å². The van der Waals surface area contributed by atoms with Gasteiger partial charge in [0.05, 0.1) is 15.0 Å². The molecule has 1 unspecified atom stereocenters. The largest absolute Gasteiger partial charge is 0.444 e. The summed E-state index contributed by atoms with van der Waals surface area (Å²) >= 11 is 1.22. The smallest absolute Gasteiger partial charge is 0.410 e. The Labute approximate surface area is 186 Å². The number of carbonyl (C=O) groups is 2. The van der Waals surface area contributed by atoms with Gasteiger partial charge in [0.15, 0.2) is 5.78 Å². The third-order valence-corrected chi connectivity index (χ3v) is 7.39. The summed E-state index contributed by atoms with van der Waals surface area (Å²) in [7, 11) is 0. The van der Waals surface area contributed by atoms with Crippen LogP contribution in [-0.4, -0.2) is 48.7 Å². The Hall–Kier alpha value is -1.99. The first kappa shape index (κ1) is 22.2. The van der Waals surface area contributed by atoms with E-state index in [4.69, 9.17) is 9.47 Å². The molecule has 0 spiro atoms. The molecule has 4 rings (SSSR count). The van der Waals surface area contributed by atoms with Crippen LogP contribution in [0.3, 0.4) is 0 Å². The zero-order valence-corrected chi connectivity index (χ0v) is 19.2. The van der Waals surface area contributed by atoms with Gasteiger partial charge in [0, 0.05) is 26.3 Å². The molecule has 2 aromatic rings. The van der Waals surface area contributed by atoms with Crippen molar-refractivity contribution in [2.75, 3.05) is 26.3 Å². The molecule has 3 heterocycles. The van der Waals surface area contributed by atoms with Crippen LogP contribution < -0.4 is 0 Å². The van der Waals surface area contributed by atoms with Gasteiger partial charge in [-0.1, -0.05) is 12.1 Å². The summed E-state index contributed by atoms with van der Waals surface area (Å²) in [5, 5.41) is 0.747. The van der Waals surface area contributed by atoms with Crippen molar-refractivity contribution in [2.45, 2.75) is 52.1 Å². The number of ketones is 1. The molecule has 0 bridgehead atoms. The first-order chi connectivity index (χ1) is 14.7. The molecular formula is C24H30FNO4S. The number of fused-ring (bicyclic) bond motifs is 1. The minimum Gasteiger partial charge on any atom is -0.444 e. The number of carbonyl (C=O) groups excluding carboxylic acids is 2. The molecule has 0 N–H and O–H groups in total. The van der Waals surface area contributed by atoms with E-state index in [1.165, 1.54) is 17.4 Å². The molecule has 1 aromatic carbocycles. The molecule has 1 atom stereocenters. The highest BCUT2D eigenvalue weighted by Crippen LogP contribution is 2.44. The van der Waals surface area contributed by atoms with Crippen LogP contribution in [0.1, 0.15) is 56.1 Å². The van der Waals surface area contributed by atoms with E-state index in [9.17, 15) is 14.0 Å². The highest BCUT2D eigenvalue weighted by atomic mass is 32.1. The SMILES string of the molecule is CC(C)(C)OC(=O)N1CCC(CC2CCOCC2)(C(=O)c2cc3cccc(F)c3s2)C1. The highest BCUT2D eigenvalue weighted by Gasteiger charge is 2.48. The van der Waals surface area contributed by atoms with Gasteiger partial charge in [-0.15, -0.1) is 11.3 Å². The number of benzene rings is 1. The average Bonchev–Trinajstić information content (AvgIpc) is 3.33. The molecule has 2 aliphatic heterocycles. The van der Waals surface area contributed by atoms with Gasteiger partial charge in [-0.2, -0.15) is 0 Å². The Morgan fingerprint density at radius 1 is 1.29 bits per heavy atom. The van der Waals surface area contributed by atoms with Gasteiger partial charge in [0.1, 0.15) is 11.4 Å². The summed E-state index contributed by atoms with van der Waals surface area (Å²) in [6, 6.07) is 6.71. The van der Waals surface area contributed by atoms with E-state index >= 15 is 0 Å². The first-order valence-electron chi connectivity index (χ1n) is 11.0. The van der Waals surface area contributed by atoms with Crippen LogP contribution in [-0.2, 0) is 9.47 Å². The summed E-state index contributed by atoms with van der Waals surface area (Å²) in [5.41, 5.74) is -1.26. The second kappa shape index (κ2) is 8.51. The van der Waals surface area contributed by atoms with E-state index in [0.717, 1.165) is 18.2 Å². The average molecular weight is 448 g/mol. The number of hydrogen-bond donors (Lipinski definition) is 0. The summed E-state index contributed by atoms with van der Waals surface area (Å²) in [6.45, 7) is 7.77. The summed E-state index contributed by atoms with van der Waals surface area (Å²) in [5.74, 6) is 0.0925. The van der Waals surface area contributed by atoms with Crippen molar-refractivity contribution >= 4 is 33.3 Å². The number of nitrogens with zero attached hydrogens (tertiary/aromatic N) is 1. The fourth-order valence-corrected chi connectivity index (χ4v) is 5.83. The van der Waals surface area contributed by atoms with E-state index in [-0.39, 0.29) is 17.7 Å². The van der Waals surface area contributed by atoms with Crippen molar-refractivity contribution < 1.29 is 23.5 Å². The number of halogens is 1. The van der Waals surface area contributed by atoms with Gasteiger partial charge < -0.3 is 14.4 Å². The van der Waals surface area contributed by atoms with Crippen molar-refractivity contribution in [3.05, 3.63) is 35.0 Å². The van der Waals surface area contributed by atoms with Gasteiger partial charge in [-0.25, -0.2) is 9.18 Å². The van der Waals surface area contributed by atoms with Crippen molar-refractivity contribution in [1.82, 2.24) is 4.90 Å². The van der Waals surface area contributed by atoms with Crippen LogP contribution in [0.5, 0.6) is 0 Å². The molecule has 0 radical (unpaired) electrons. The third kappa shape index (κ3) is 4.77. The molecule has 7 heteroatoms. The maximum atomic E-state index is 14.2. The Balaban J connectivity index is 1.63. The topological polar surface area (TPSA) is 55.8 Å². The Morgan fingerprint density at radius 3 is 2.71 bits per heavy atom. The molecule has 2 aliphatic rings. The Morgan fingerprint density at radius 2 is 2.03 bits per heavy atom. The van der Waals surface area contributed by atoms with E-state index < -0.39 is 11.0 Å². The lowest BCUT2D eigenvalue weighted by atomic mass is 9.73. The fourth-order valence-electron chi connectivity index (χ4n) is 4.70. The van der Waals surface area contributed by atoms with Crippen LogP contribution in [0.15, 0.2) is 24.3 Å². The van der Waals surface area contributed by atoms with Crippen molar-refractivity contribution in [3.8, 4) is 0 Å². The second-order valence-corrected chi connectivity index (χ2v) is 10.8. The summed E-state index contributed by atoms with van der Waals surface area (Å²) in [4.78, 5) is 28.8. The maximum Gasteiger partial charge on any atom is 0.410 e. The summed E-state index contributed by atoms with van der Waals surface area (Å²) < 4.78 is 25.8. The van der Waals surface area contributed by atoms with E-state index in [0.29, 0.717) is 54.6 Å². The molecule has 31 heavy (non-hydrogen) atoms. The Bertz CT molecular complexity index is 976. The fraction of sp³-hybridized carbons (Fsp3) is 0.583. The number of amides is 1. The molecule has 5 nitrogen and oxygen atoms in total. The van der Waals surface area contributed by atoms with Crippen LogP contribution in [0.25, 0.3) is 10.1 Å². The van der Waals surface area contributed by atoms with Gasteiger partial charge >= 0.3 is 6.09 Å². The molecule has 0 aliphatic carbocycles. The van der Waals surface area contributed by atoms with Gasteiger partial charge in [-0.05, 0) is 69.9 Å². The standard InChI is InChI=1S/C24H30FNO4S/c1-23(2,3)30-22(28)26-10-9-24(15-26,14-16-7-11-29-12-8-16)21(27)19-13-17-5-4-6-18(25)20(17)31-19/h4-6,13,16H,7-12,14-15H2,1-3H3. The van der Waals surface area contributed by atoms with Crippen LogP contribution in [0, 0.1) is 17.2 Å². The van der Waals surface area contributed by atoms with Gasteiger partial charge in [0.25, 0.3) is 0 Å². The zero-order chi connectivity index (χ0) is 22.2. The van der Waals surface area contributed by atoms with E-state index in [1.807, 2.05) is 26.8 Å². The number of Topliss-reactive ketones (excluding diaryl/α,β-unsaturated/α-hetero) is 1. The van der Waals surface area contributed by atoms with Crippen LogP contribution in [0.4, 0.5) is 9.18 Å².